The molecule has 10 nitrogen and oxygen atoms in total. The summed E-state index contributed by atoms with van der Waals surface area (Å²) in [4.78, 5) is 23.6. The van der Waals surface area contributed by atoms with Crippen molar-refractivity contribution >= 4 is 27.6 Å². The summed E-state index contributed by atoms with van der Waals surface area (Å²) < 4.78 is 14.0. The van der Waals surface area contributed by atoms with Crippen molar-refractivity contribution in [3.05, 3.63) is 67.0 Å². The van der Waals surface area contributed by atoms with Crippen LogP contribution in [0.5, 0.6) is 5.75 Å². The first-order valence-electron chi connectivity index (χ1n) is 11.7. The van der Waals surface area contributed by atoms with E-state index in [1.807, 2.05) is 18.2 Å². The number of H-pyrrole nitrogens is 2. The summed E-state index contributed by atoms with van der Waals surface area (Å²) in [5.74, 6) is 0.0755. The monoisotopic (exact) mass is 493 g/mol. The SMILES string of the molecule is NC1CN(c2cncc(-c3cc4c(-c5cc6c(-c7cc(O)cc(F)c7)nccc6[nH]5)n[nH]c4cn3)n2)C1. The summed E-state index contributed by atoms with van der Waals surface area (Å²) in [6, 6.07) is 9.74. The van der Waals surface area contributed by atoms with Gasteiger partial charge in [0.05, 0.1) is 41.2 Å². The number of anilines is 1. The zero-order valence-electron chi connectivity index (χ0n) is 19.4. The van der Waals surface area contributed by atoms with Crippen LogP contribution in [0.25, 0.3) is 55.8 Å². The minimum absolute atomic E-state index is 0.159. The number of aromatic nitrogens is 7. The Hall–Kier alpha value is -4.90. The number of nitrogens with zero attached hydrogens (tertiary/aromatic N) is 6. The molecule has 1 aliphatic rings. The van der Waals surface area contributed by atoms with E-state index in [-0.39, 0.29) is 11.8 Å². The average molecular weight is 494 g/mol. The number of benzene rings is 1. The lowest BCUT2D eigenvalue weighted by Gasteiger charge is -2.37. The number of nitrogens with one attached hydrogen (secondary N) is 2. The number of halogens is 1. The van der Waals surface area contributed by atoms with Crippen LogP contribution in [0.2, 0.25) is 0 Å². The Bertz CT molecular complexity index is 1790. The maximum Gasteiger partial charge on any atom is 0.147 e. The molecule has 11 heteroatoms. The van der Waals surface area contributed by atoms with Crippen LogP contribution in [-0.2, 0) is 0 Å². The van der Waals surface area contributed by atoms with Crippen LogP contribution in [0.1, 0.15) is 0 Å². The lowest BCUT2D eigenvalue weighted by molar-refractivity contribution is 0.469. The second kappa shape index (κ2) is 8.07. The molecule has 0 saturated carbocycles. The molecule has 1 aromatic carbocycles. The molecule has 1 saturated heterocycles. The number of aromatic hydroxyl groups is 1. The van der Waals surface area contributed by atoms with Gasteiger partial charge in [-0.3, -0.25) is 20.1 Å². The van der Waals surface area contributed by atoms with Crippen molar-refractivity contribution in [1.29, 1.82) is 0 Å². The van der Waals surface area contributed by atoms with E-state index in [4.69, 9.17) is 10.7 Å². The highest BCUT2D eigenvalue weighted by Crippen LogP contribution is 2.35. The molecule has 1 aliphatic heterocycles. The summed E-state index contributed by atoms with van der Waals surface area (Å²) in [7, 11) is 0. The minimum Gasteiger partial charge on any atom is -0.508 e. The molecule has 5 N–H and O–H groups in total. The smallest absolute Gasteiger partial charge is 0.147 e. The van der Waals surface area contributed by atoms with Gasteiger partial charge in [-0.25, -0.2) is 9.37 Å². The molecule has 0 aliphatic carbocycles. The molecule has 0 bridgehead atoms. The molecular formula is C26H20FN9O. The Morgan fingerprint density at radius 1 is 0.946 bits per heavy atom. The van der Waals surface area contributed by atoms with E-state index < -0.39 is 5.82 Å². The summed E-state index contributed by atoms with van der Waals surface area (Å²) in [5.41, 5.74) is 11.3. The van der Waals surface area contributed by atoms with Gasteiger partial charge in [0.2, 0.25) is 0 Å². The van der Waals surface area contributed by atoms with Crippen LogP contribution in [0.15, 0.2) is 61.2 Å². The van der Waals surface area contributed by atoms with Gasteiger partial charge < -0.3 is 20.7 Å². The normalized spacial score (nSPS) is 13.9. The molecule has 0 atom stereocenters. The largest absolute Gasteiger partial charge is 0.508 e. The van der Waals surface area contributed by atoms with Gasteiger partial charge in [-0.15, -0.1) is 0 Å². The topological polar surface area (TPSA) is 146 Å². The molecule has 0 amide bonds. The predicted molar refractivity (Wildman–Crippen MR) is 137 cm³/mol. The zero-order valence-corrected chi connectivity index (χ0v) is 19.4. The Balaban J connectivity index is 1.31. The van der Waals surface area contributed by atoms with Crippen molar-refractivity contribution < 1.29 is 9.50 Å². The van der Waals surface area contributed by atoms with Crippen molar-refractivity contribution in [1.82, 2.24) is 35.1 Å². The Morgan fingerprint density at radius 2 is 1.81 bits per heavy atom. The van der Waals surface area contributed by atoms with Crippen LogP contribution in [0.4, 0.5) is 10.2 Å². The average Bonchev–Trinajstić information content (AvgIpc) is 3.49. The number of hydrogen-bond acceptors (Lipinski definition) is 8. The highest BCUT2D eigenvalue weighted by atomic mass is 19.1. The van der Waals surface area contributed by atoms with Gasteiger partial charge in [0, 0.05) is 53.2 Å². The molecule has 1 fully saturated rings. The summed E-state index contributed by atoms with van der Waals surface area (Å²) in [6.45, 7) is 1.51. The molecule has 6 aromatic rings. The van der Waals surface area contributed by atoms with Crippen molar-refractivity contribution in [2.75, 3.05) is 18.0 Å². The summed E-state index contributed by atoms with van der Waals surface area (Å²) >= 11 is 0. The molecule has 6 heterocycles. The number of phenols is 1. The molecule has 5 aromatic heterocycles. The quantitative estimate of drug-likeness (QED) is 0.291. The fourth-order valence-electron chi connectivity index (χ4n) is 4.72. The number of fused-ring (bicyclic) bond motifs is 2. The predicted octanol–water partition coefficient (Wildman–Crippen LogP) is 3.62. The van der Waals surface area contributed by atoms with Crippen LogP contribution >= 0.6 is 0 Å². The molecular weight excluding hydrogens is 473 g/mol. The van der Waals surface area contributed by atoms with Crippen LogP contribution < -0.4 is 10.6 Å². The highest BCUT2D eigenvalue weighted by Gasteiger charge is 2.25. The van der Waals surface area contributed by atoms with E-state index in [0.29, 0.717) is 28.3 Å². The first-order valence-corrected chi connectivity index (χ1v) is 11.7. The highest BCUT2D eigenvalue weighted by molar-refractivity contribution is 6.00. The zero-order chi connectivity index (χ0) is 25.1. The Labute approximate surface area is 209 Å². The summed E-state index contributed by atoms with van der Waals surface area (Å²) in [6.07, 6.45) is 6.78. The van der Waals surface area contributed by atoms with Crippen molar-refractivity contribution in [3.8, 4) is 39.8 Å². The Kier molecular flexibility index (Phi) is 4.66. The van der Waals surface area contributed by atoms with E-state index >= 15 is 0 Å². The molecule has 0 unspecified atom stereocenters. The van der Waals surface area contributed by atoms with Crippen LogP contribution in [0, 0.1) is 5.82 Å². The van der Waals surface area contributed by atoms with Crippen LogP contribution in [0.3, 0.4) is 0 Å². The third-order valence-corrected chi connectivity index (χ3v) is 6.52. The van der Waals surface area contributed by atoms with Gasteiger partial charge >= 0.3 is 0 Å². The molecule has 7 rings (SSSR count). The molecule has 37 heavy (non-hydrogen) atoms. The third kappa shape index (κ3) is 3.64. The minimum atomic E-state index is -0.535. The van der Waals surface area contributed by atoms with Gasteiger partial charge in [0.1, 0.15) is 28.8 Å². The van der Waals surface area contributed by atoms with Crippen LogP contribution in [-0.4, -0.2) is 59.4 Å². The van der Waals surface area contributed by atoms with E-state index in [0.717, 1.165) is 52.5 Å². The number of nitrogens with two attached hydrogens (primary N) is 1. The fourth-order valence-corrected chi connectivity index (χ4v) is 4.72. The van der Waals surface area contributed by atoms with E-state index in [1.54, 1.807) is 24.8 Å². The lowest BCUT2D eigenvalue weighted by atomic mass is 10.1. The number of pyridine rings is 2. The first kappa shape index (κ1) is 21.4. The Morgan fingerprint density at radius 3 is 2.65 bits per heavy atom. The lowest BCUT2D eigenvalue weighted by Crippen LogP contribution is -2.56. The molecule has 182 valence electrons. The standard InChI is InChI=1S/C26H20FN9O/c27-14-3-13(4-16(37)5-14)25-17-7-21(32-19(17)1-2-30-25)26-18-6-20(31-9-22(18)34-35-26)23-8-29-10-24(33-23)36-11-15(28)12-36/h1-10,15,32,37H,11-12,28H2,(H,34,35). The number of rotatable bonds is 4. The van der Waals surface area contributed by atoms with Crippen molar-refractivity contribution in [3.63, 3.8) is 0 Å². The van der Waals surface area contributed by atoms with Crippen molar-refractivity contribution in [2.24, 2.45) is 5.73 Å². The maximum atomic E-state index is 14.0. The van der Waals surface area contributed by atoms with Gasteiger partial charge in [0.25, 0.3) is 0 Å². The molecule has 0 radical (unpaired) electrons. The number of phenolic OH excluding ortho intramolecular Hbond substituents is 1. The van der Waals surface area contributed by atoms with Crippen molar-refractivity contribution in [2.45, 2.75) is 6.04 Å². The number of hydrogen-bond donors (Lipinski definition) is 4. The third-order valence-electron chi connectivity index (χ3n) is 6.52. The van der Waals surface area contributed by atoms with Gasteiger partial charge in [-0.05, 0) is 30.3 Å². The van der Waals surface area contributed by atoms with E-state index in [2.05, 4.69) is 35.0 Å². The fraction of sp³-hybridized carbons (Fsp3) is 0.115. The van der Waals surface area contributed by atoms with Gasteiger partial charge in [0.15, 0.2) is 0 Å². The number of aromatic amines is 2. The maximum absolute atomic E-state index is 14.0. The van der Waals surface area contributed by atoms with E-state index in [9.17, 15) is 9.50 Å². The second-order valence-electron chi connectivity index (χ2n) is 9.12. The van der Waals surface area contributed by atoms with E-state index in [1.165, 1.54) is 12.1 Å². The first-order chi connectivity index (χ1) is 18.0. The second-order valence-corrected chi connectivity index (χ2v) is 9.12. The van der Waals surface area contributed by atoms with Gasteiger partial charge in [-0.1, -0.05) is 0 Å². The summed E-state index contributed by atoms with van der Waals surface area (Å²) in [5, 5.41) is 19.1. The van der Waals surface area contributed by atoms with Gasteiger partial charge in [-0.2, -0.15) is 5.10 Å². The molecule has 0 spiro atoms.